The zero-order valence-corrected chi connectivity index (χ0v) is 8.79. The Morgan fingerprint density at radius 3 is 2.31 bits per heavy atom. The lowest BCUT2D eigenvalue weighted by molar-refractivity contribution is 0.0143. The third kappa shape index (κ3) is 7.59. The highest BCUT2D eigenvalue weighted by Gasteiger charge is 2.19. The molecule has 4 heteroatoms. The Balaban J connectivity index is 3.83. The molecule has 0 aromatic heterocycles. The Hall–Kier alpha value is -0.770. The Labute approximate surface area is 79.4 Å². The fourth-order valence-corrected chi connectivity index (χ4v) is 1.07. The maximum atomic E-state index is 10.3. The molecule has 2 N–H and O–H groups in total. The minimum absolute atomic E-state index is 0.0764. The van der Waals surface area contributed by atoms with Crippen LogP contribution >= 0.6 is 0 Å². The number of carbonyl (C=O) groups excluding carboxylic acids is 1. The van der Waals surface area contributed by atoms with Gasteiger partial charge in [-0.05, 0) is 11.8 Å². The van der Waals surface area contributed by atoms with Gasteiger partial charge < -0.3 is 15.2 Å². The van der Waals surface area contributed by atoms with Crippen molar-refractivity contribution < 1.29 is 14.3 Å². The summed E-state index contributed by atoms with van der Waals surface area (Å²) in [5.41, 5.74) is 5.00. The van der Waals surface area contributed by atoms with E-state index in [1.807, 2.05) is 0 Å². The normalized spacial score (nSPS) is 13.8. The van der Waals surface area contributed by atoms with Crippen LogP contribution < -0.4 is 5.73 Å². The van der Waals surface area contributed by atoms with Gasteiger partial charge in [0.25, 0.3) is 0 Å². The van der Waals surface area contributed by atoms with Crippen molar-refractivity contribution in [1.82, 2.24) is 0 Å². The summed E-state index contributed by atoms with van der Waals surface area (Å²) < 4.78 is 9.80. The highest BCUT2D eigenvalue weighted by Crippen LogP contribution is 2.22. The predicted octanol–water partition coefficient (Wildman–Crippen LogP) is 1.53. The van der Waals surface area contributed by atoms with E-state index in [0.29, 0.717) is 0 Å². The van der Waals surface area contributed by atoms with Crippen molar-refractivity contribution in [3.05, 3.63) is 0 Å². The number of rotatable bonds is 4. The van der Waals surface area contributed by atoms with Crippen molar-refractivity contribution in [2.75, 3.05) is 13.7 Å². The molecule has 78 valence electrons. The molecule has 0 aliphatic heterocycles. The first-order valence-electron chi connectivity index (χ1n) is 4.30. The maximum Gasteiger partial charge on any atom is 0.404 e. The molecule has 1 amide bonds. The highest BCUT2D eigenvalue weighted by molar-refractivity contribution is 5.64. The molecular formula is C9H19NO3. The molecule has 0 aliphatic rings. The Morgan fingerprint density at radius 2 is 2.00 bits per heavy atom. The predicted molar refractivity (Wildman–Crippen MR) is 50.4 cm³/mol. The topological polar surface area (TPSA) is 61.6 Å². The van der Waals surface area contributed by atoms with Gasteiger partial charge in [0.05, 0.1) is 6.10 Å². The highest BCUT2D eigenvalue weighted by atomic mass is 16.6. The molecule has 0 radical (unpaired) electrons. The van der Waals surface area contributed by atoms with E-state index >= 15 is 0 Å². The van der Waals surface area contributed by atoms with E-state index in [-0.39, 0.29) is 18.1 Å². The van der Waals surface area contributed by atoms with E-state index in [9.17, 15) is 4.79 Å². The number of hydrogen-bond donors (Lipinski definition) is 1. The van der Waals surface area contributed by atoms with E-state index in [1.165, 1.54) is 0 Å². The second kappa shape index (κ2) is 5.07. The summed E-state index contributed by atoms with van der Waals surface area (Å²) in [4.78, 5) is 10.3. The van der Waals surface area contributed by atoms with Gasteiger partial charge in [0, 0.05) is 7.11 Å². The molecule has 1 atom stereocenters. The molecule has 0 saturated heterocycles. The van der Waals surface area contributed by atoms with Gasteiger partial charge in [0.2, 0.25) is 0 Å². The number of hydrogen-bond acceptors (Lipinski definition) is 3. The molecule has 0 unspecified atom stereocenters. The first-order valence-corrected chi connectivity index (χ1v) is 4.30. The van der Waals surface area contributed by atoms with Gasteiger partial charge in [-0.15, -0.1) is 0 Å². The number of nitrogens with two attached hydrogens (primary N) is 1. The van der Waals surface area contributed by atoms with Gasteiger partial charge in [-0.25, -0.2) is 4.79 Å². The molecule has 0 bridgehead atoms. The van der Waals surface area contributed by atoms with E-state index in [2.05, 4.69) is 25.5 Å². The third-order valence-corrected chi connectivity index (χ3v) is 1.58. The summed E-state index contributed by atoms with van der Waals surface area (Å²) in [7, 11) is 1.60. The number of carbonyl (C=O) groups is 1. The molecule has 0 aromatic carbocycles. The number of methoxy groups -OCH3 is 1. The fourth-order valence-electron chi connectivity index (χ4n) is 1.07. The molecule has 0 spiro atoms. The Kier molecular flexibility index (Phi) is 4.77. The van der Waals surface area contributed by atoms with Crippen LogP contribution in [-0.4, -0.2) is 25.9 Å². The van der Waals surface area contributed by atoms with Gasteiger partial charge in [-0.2, -0.15) is 0 Å². The fraction of sp³-hybridized carbons (Fsp3) is 0.889. The maximum absolute atomic E-state index is 10.3. The van der Waals surface area contributed by atoms with Crippen molar-refractivity contribution >= 4 is 6.09 Å². The van der Waals surface area contributed by atoms with Crippen molar-refractivity contribution in [3.8, 4) is 0 Å². The molecular weight excluding hydrogens is 170 g/mol. The average molecular weight is 189 g/mol. The van der Waals surface area contributed by atoms with Gasteiger partial charge in [-0.1, -0.05) is 20.8 Å². The van der Waals surface area contributed by atoms with Crippen LogP contribution in [0.2, 0.25) is 0 Å². The van der Waals surface area contributed by atoms with Gasteiger partial charge in [0.1, 0.15) is 6.61 Å². The molecule has 0 rings (SSSR count). The molecule has 0 aromatic rings. The van der Waals surface area contributed by atoms with Gasteiger partial charge in [0.15, 0.2) is 0 Å². The quantitative estimate of drug-likeness (QED) is 0.729. The van der Waals surface area contributed by atoms with Crippen LogP contribution in [0.1, 0.15) is 27.2 Å². The van der Waals surface area contributed by atoms with Gasteiger partial charge >= 0.3 is 6.09 Å². The molecule has 0 heterocycles. The SMILES string of the molecule is CO[C@H](COC(N)=O)CC(C)(C)C. The summed E-state index contributed by atoms with van der Waals surface area (Å²) in [6.07, 6.45) is 0.00000850. The molecule has 13 heavy (non-hydrogen) atoms. The summed E-state index contributed by atoms with van der Waals surface area (Å²) in [5.74, 6) is 0. The van der Waals surface area contributed by atoms with Crippen LogP contribution in [0.25, 0.3) is 0 Å². The zero-order chi connectivity index (χ0) is 10.5. The van der Waals surface area contributed by atoms with E-state index in [1.54, 1.807) is 7.11 Å². The second-order valence-electron chi connectivity index (χ2n) is 4.25. The monoisotopic (exact) mass is 189 g/mol. The zero-order valence-electron chi connectivity index (χ0n) is 8.79. The van der Waals surface area contributed by atoms with Crippen molar-refractivity contribution in [2.24, 2.45) is 11.1 Å². The third-order valence-electron chi connectivity index (χ3n) is 1.58. The molecule has 0 aliphatic carbocycles. The summed E-state index contributed by atoms with van der Waals surface area (Å²) in [6.45, 7) is 6.53. The van der Waals surface area contributed by atoms with Crippen molar-refractivity contribution in [1.29, 1.82) is 0 Å². The lowest BCUT2D eigenvalue weighted by atomic mass is 9.89. The van der Waals surface area contributed by atoms with Crippen LogP contribution in [0, 0.1) is 5.41 Å². The summed E-state index contributed by atoms with van der Waals surface area (Å²) >= 11 is 0. The van der Waals surface area contributed by atoms with Crippen LogP contribution in [-0.2, 0) is 9.47 Å². The van der Waals surface area contributed by atoms with E-state index in [4.69, 9.17) is 10.5 Å². The number of ether oxygens (including phenoxy) is 2. The van der Waals surface area contributed by atoms with Crippen LogP contribution in [0.15, 0.2) is 0 Å². The second-order valence-corrected chi connectivity index (χ2v) is 4.25. The molecule has 0 saturated carbocycles. The van der Waals surface area contributed by atoms with E-state index in [0.717, 1.165) is 6.42 Å². The number of primary amides is 1. The largest absolute Gasteiger partial charge is 0.447 e. The average Bonchev–Trinajstić information content (AvgIpc) is 1.95. The minimum Gasteiger partial charge on any atom is -0.447 e. The minimum atomic E-state index is -0.754. The lowest BCUT2D eigenvalue weighted by Gasteiger charge is -2.24. The molecule has 4 nitrogen and oxygen atoms in total. The van der Waals surface area contributed by atoms with Crippen molar-refractivity contribution in [2.45, 2.75) is 33.3 Å². The van der Waals surface area contributed by atoms with Crippen LogP contribution in [0.3, 0.4) is 0 Å². The smallest absolute Gasteiger partial charge is 0.404 e. The van der Waals surface area contributed by atoms with Crippen LogP contribution in [0.4, 0.5) is 4.79 Å². The standard InChI is InChI=1S/C9H19NO3/c1-9(2,3)5-7(12-4)6-13-8(10)11/h7H,5-6H2,1-4H3,(H2,10,11)/t7-/m0/s1. The summed E-state index contributed by atoms with van der Waals surface area (Å²) in [5, 5.41) is 0. The first-order chi connectivity index (χ1) is 5.85. The van der Waals surface area contributed by atoms with Gasteiger partial charge in [-0.3, -0.25) is 0 Å². The number of amides is 1. The van der Waals surface area contributed by atoms with Crippen LogP contribution in [0.5, 0.6) is 0 Å². The summed E-state index contributed by atoms with van der Waals surface area (Å²) in [6, 6.07) is 0. The molecule has 0 fully saturated rings. The Bertz CT molecular complexity index is 163. The Morgan fingerprint density at radius 1 is 1.46 bits per heavy atom. The first kappa shape index (κ1) is 12.2. The van der Waals surface area contributed by atoms with Crippen molar-refractivity contribution in [3.63, 3.8) is 0 Å². The van der Waals surface area contributed by atoms with E-state index < -0.39 is 6.09 Å². The lowest BCUT2D eigenvalue weighted by Crippen LogP contribution is -2.27.